The van der Waals surface area contributed by atoms with Gasteiger partial charge in [0, 0.05) is 17.9 Å². The van der Waals surface area contributed by atoms with Crippen molar-refractivity contribution in [3.05, 3.63) is 35.9 Å². The summed E-state index contributed by atoms with van der Waals surface area (Å²) in [4.78, 5) is 35.8. The Morgan fingerprint density at radius 1 is 1.00 bits per heavy atom. The monoisotopic (exact) mass is 716 g/mol. The maximum absolute atomic E-state index is 14.1. The number of ketones is 1. The van der Waals surface area contributed by atoms with Gasteiger partial charge in [0.1, 0.15) is 24.5 Å². The van der Waals surface area contributed by atoms with Crippen LogP contribution in [0.1, 0.15) is 80.2 Å². The topological polar surface area (TPSA) is 135 Å². The highest BCUT2D eigenvalue weighted by molar-refractivity contribution is 5.92. The summed E-state index contributed by atoms with van der Waals surface area (Å²) in [5.41, 5.74) is -0.888. The molecule has 0 aromatic heterocycles. The molecular weight excluding hydrogens is 656 g/mol. The number of esters is 1. The van der Waals surface area contributed by atoms with Crippen molar-refractivity contribution in [1.29, 1.82) is 0 Å². The number of likely N-dealkylation sites (N-methyl/N-ethyl adjacent to an activating group) is 1. The van der Waals surface area contributed by atoms with E-state index >= 15 is 0 Å². The van der Waals surface area contributed by atoms with E-state index in [-0.39, 0.29) is 43.7 Å². The maximum Gasteiger partial charge on any atom is 0.311 e. The molecule has 4 bridgehead atoms. The summed E-state index contributed by atoms with van der Waals surface area (Å²) in [5.74, 6) is -2.48. The number of fused-ring (bicyclic) bond motifs is 5. The summed E-state index contributed by atoms with van der Waals surface area (Å²) in [5, 5.41) is 16.1. The molecule has 1 N–H and O–H groups in total. The first-order valence-corrected chi connectivity index (χ1v) is 18.6. The molecule has 51 heavy (non-hydrogen) atoms. The van der Waals surface area contributed by atoms with Gasteiger partial charge in [0.25, 0.3) is 0 Å². The van der Waals surface area contributed by atoms with Crippen LogP contribution in [0.15, 0.2) is 35.5 Å². The Morgan fingerprint density at radius 2 is 1.71 bits per heavy atom. The van der Waals surface area contributed by atoms with Crippen molar-refractivity contribution in [1.82, 2.24) is 4.90 Å². The smallest absolute Gasteiger partial charge is 0.311 e. The Labute approximate surface area is 303 Å². The molecular formula is C39H60N2O10. The van der Waals surface area contributed by atoms with Gasteiger partial charge in [-0.3, -0.25) is 9.59 Å². The van der Waals surface area contributed by atoms with Crippen molar-refractivity contribution < 1.29 is 48.0 Å². The van der Waals surface area contributed by atoms with Crippen LogP contribution >= 0.6 is 0 Å². The first-order chi connectivity index (χ1) is 24.1. The molecule has 0 aliphatic carbocycles. The predicted molar refractivity (Wildman–Crippen MR) is 190 cm³/mol. The molecule has 286 valence electrons. The van der Waals surface area contributed by atoms with Crippen LogP contribution in [-0.2, 0) is 49.5 Å². The van der Waals surface area contributed by atoms with E-state index in [0.717, 1.165) is 5.56 Å². The Balaban J connectivity index is 1.58. The van der Waals surface area contributed by atoms with Gasteiger partial charge in [-0.2, -0.15) is 0 Å². The van der Waals surface area contributed by atoms with Crippen molar-refractivity contribution in [2.75, 3.05) is 27.3 Å². The number of aliphatic hydroxyl groups excluding tert-OH is 1. The minimum Gasteiger partial charge on any atom is -0.459 e. The summed E-state index contributed by atoms with van der Waals surface area (Å²) in [6.45, 7) is 15.6. The summed E-state index contributed by atoms with van der Waals surface area (Å²) in [6, 6.07) is 9.54. The molecule has 4 fully saturated rings. The summed E-state index contributed by atoms with van der Waals surface area (Å²) < 4.78 is 39.6. The molecule has 0 radical (unpaired) electrons. The number of hydrogen-bond acceptors (Lipinski definition) is 12. The van der Waals surface area contributed by atoms with E-state index < -0.39 is 71.7 Å². The summed E-state index contributed by atoms with van der Waals surface area (Å²) in [6.07, 6.45) is -3.39. The number of Topliss-reactive ketones (excluding diaryl/α,β-unsaturated/α-hetero) is 1. The molecule has 12 heteroatoms. The van der Waals surface area contributed by atoms with Crippen LogP contribution in [-0.4, -0.2) is 115 Å². The molecule has 1 aromatic carbocycles. The Kier molecular flexibility index (Phi) is 12.7. The van der Waals surface area contributed by atoms with Crippen molar-refractivity contribution in [2.45, 2.75) is 141 Å². The number of hydrogen-bond donors (Lipinski definition) is 1. The van der Waals surface area contributed by atoms with Crippen LogP contribution < -0.4 is 0 Å². The fourth-order valence-corrected chi connectivity index (χ4v) is 8.72. The average Bonchev–Trinajstić information content (AvgIpc) is 3.35. The molecule has 12 nitrogen and oxygen atoms in total. The number of carbonyl (C=O) groups excluding carboxylic acids is 2. The van der Waals surface area contributed by atoms with Crippen LogP contribution in [0.4, 0.5) is 0 Å². The summed E-state index contributed by atoms with van der Waals surface area (Å²) in [7, 11) is 3.86. The molecule has 4 heterocycles. The van der Waals surface area contributed by atoms with Crippen LogP contribution in [0.2, 0.25) is 0 Å². The Bertz CT molecular complexity index is 1380. The molecule has 1 aromatic rings. The highest BCUT2D eigenvalue weighted by atomic mass is 16.7. The highest BCUT2D eigenvalue weighted by Gasteiger charge is 2.58. The lowest BCUT2D eigenvalue weighted by Gasteiger charge is -2.48. The summed E-state index contributed by atoms with van der Waals surface area (Å²) >= 11 is 0. The molecule has 4 aliphatic rings. The van der Waals surface area contributed by atoms with E-state index in [2.05, 4.69) is 12.1 Å². The van der Waals surface area contributed by atoms with Crippen molar-refractivity contribution in [2.24, 2.45) is 28.8 Å². The lowest BCUT2D eigenvalue weighted by atomic mass is 9.75. The van der Waals surface area contributed by atoms with Gasteiger partial charge in [0.15, 0.2) is 17.7 Å². The second kappa shape index (κ2) is 16.3. The Hall–Kier alpha value is -2.45. The van der Waals surface area contributed by atoms with Crippen LogP contribution in [0.25, 0.3) is 0 Å². The van der Waals surface area contributed by atoms with Crippen LogP contribution in [0.3, 0.4) is 0 Å². The molecule has 5 rings (SSSR count). The van der Waals surface area contributed by atoms with Crippen LogP contribution in [0.5, 0.6) is 0 Å². The maximum atomic E-state index is 14.1. The zero-order valence-corrected chi connectivity index (χ0v) is 32.1. The van der Waals surface area contributed by atoms with E-state index in [0.29, 0.717) is 25.0 Å². The average molecular weight is 717 g/mol. The van der Waals surface area contributed by atoms with Crippen molar-refractivity contribution >= 4 is 17.5 Å². The first kappa shape index (κ1) is 39.8. The van der Waals surface area contributed by atoms with Crippen molar-refractivity contribution in [3.63, 3.8) is 0 Å². The van der Waals surface area contributed by atoms with Gasteiger partial charge < -0.3 is 43.3 Å². The van der Waals surface area contributed by atoms with Crippen molar-refractivity contribution in [3.8, 4) is 0 Å². The minimum atomic E-state index is -1.30. The number of ether oxygens (including phenoxy) is 6. The van der Waals surface area contributed by atoms with Gasteiger partial charge in [0.2, 0.25) is 0 Å². The molecule has 14 atom stereocenters. The molecule has 0 spiro atoms. The fraction of sp³-hybridized carbons (Fsp3) is 0.769. The number of carbonyl (C=O) groups is 2. The van der Waals surface area contributed by atoms with E-state index in [1.165, 1.54) is 0 Å². The number of aliphatic hydroxyl groups is 1. The Morgan fingerprint density at radius 3 is 2.37 bits per heavy atom. The number of cyclic esters (lactones) is 1. The van der Waals surface area contributed by atoms with Gasteiger partial charge in [-0.1, -0.05) is 63.2 Å². The van der Waals surface area contributed by atoms with E-state index in [1.807, 2.05) is 83.9 Å². The highest BCUT2D eigenvalue weighted by Crippen LogP contribution is 2.45. The third kappa shape index (κ3) is 8.37. The normalized spacial score (nSPS) is 43.4. The fourth-order valence-electron chi connectivity index (χ4n) is 8.72. The standard InChI is InChI=1S/C39H60N2O10/c1-11-30-39(8)34(43)24(4)32(51-39)22(2)18-38(7)35(50-37-31(42)29(41(9)10)17-23(3)48-37)25(5)33(26(6)36(44)49-30)45-20-28(21-46-38)40-47-19-27-15-13-12-14-16-27/h12-16,22-26,29-33,35,37,42H,11,17-21H2,1-10H3/b40-28+/t22-,23-,24?,25-,26-,29+,30-,31-,32?,33+,35-,37+,38-,39?/m1/s1. The van der Waals surface area contributed by atoms with Gasteiger partial charge >= 0.3 is 5.97 Å². The largest absolute Gasteiger partial charge is 0.459 e. The van der Waals surface area contributed by atoms with Crippen LogP contribution in [0, 0.1) is 23.7 Å². The van der Waals surface area contributed by atoms with E-state index in [1.54, 1.807) is 13.8 Å². The van der Waals surface area contributed by atoms with Gasteiger partial charge in [0.05, 0.1) is 49.1 Å². The molecule has 0 amide bonds. The third-order valence-electron chi connectivity index (χ3n) is 11.6. The SMILES string of the molecule is CC[C@H]1OC(=O)[C@H](C)[C@H]2OC/C(=N\OCc3ccccc3)CO[C@](C)(C[C@@H](C)C3OC1(C)C(=O)C3C)[C@H](O[C@@H]1O[C@H](C)C[C@H](N(C)C)[C@H]1O)[C@@H]2C. The zero-order valence-electron chi connectivity index (χ0n) is 32.1. The lowest BCUT2D eigenvalue weighted by molar-refractivity contribution is -0.302. The predicted octanol–water partition coefficient (Wildman–Crippen LogP) is 4.54. The quantitative estimate of drug-likeness (QED) is 0.315. The number of benzene rings is 1. The molecule has 0 saturated carbocycles. The number of rotatable bonds is 7. The van der Waals surface area contributed by atoms with Gasteiger partial charge in [-0.15, -0.1) is 0 Å². The molecule has 4 aliphatic heterocycles. The van der Waals surface area contributed by atoms with E-state index in [4.69, 9.17) is 33.3 Å². The van der Waals surface area contributed by atoms with Gasteiger partial charge in [-0.25, -0.2) is 0 Å². The van der Waals surface area contributed by atoms with E-state index in [9.17, 15) is 14.7 Å². The molecule has 4 saturated heterocycles. The molecule has 3 unspecified atom stereocenters. The number of oxime groups is 1. The lowest BCUT2D eigenvalue weighted by Crippen LogP contribution is -2.59. The van der Waals surface area contributed by atoms with Gasteiger partial charge in [-0.05, 0) is 72.5 Å². The number of nitrogens with zero attached hydrogens (tertiary/aromatic N) is 2. The minimum absolute atomic E-state index is 0.0399. The zero-order chi connectivity index (χ0) is 37.2. The first-order valence-electron chi connectivity index (χ1n) is 18.6. The third-order valence-corrected chi connectivity index (χ3v) is 11.6. The second-order valence-corrected chi connectivity index (χ2v) is 15.9. The second-order valence-electron chi connectivity index (χ2n) is 15.9.